The van der Waals surface area contributed by atoms with Gasteiger partial charge in [-0.15, -0.1) is 0 Å². The molecule has 1 unspecified atom stereocenters. The Bertz CT molecular complexity index is 175. The Kier molecular flexibility index (Phi) is 4.14. The van der Waals surface area contributed by atoms with Gasteiger partial charge < -0.3 is 15.6 Å². The van der Waals surface area contributed by atoms with Crippen LogP contribution in [0, 0.1) is 0 Å². The Hall–Kier alpha value is -0.650. The number of carboxylic acid groups (broad SMARTS) is 1. The third-order valence-electron chi connectivity index (χ3n) is 2.13. The highest BCUT2D eigenvalue weighted by molar-refractivity contribution is 5.66. The lowest BCUT2D eigenvalue weighted by Gasteiger charge is -2.31. The molecule has 0 aromatic heterocycles. The van der Waals surface area contributed by atoms with Crippen LogP contribution in [-0.4, -0.2) is 54.9 Å². The number of carboxylic acids is 1. The van der Waals surface area contributed by atoms with Crippen LogP contribution in [0.15, 0.2) is 0 Å². The fourth-order valence-electron chi connectivity index (χ4n) is 1.38. The summed E-state index contributed by atoms with van der Waals surface area (Å²) in [5.74, 6) is -0.754. The van der Waals surface area contributed by atoms with Crippen molar-refractivity contribution in [2.45, 2.75) is 12.5 Å². The molecule has 0 saturated carbocycles. The van der Waals surface area contributed by atoms with Gasteiger partial charge in [0.25, 0.3) is 0 Å². The van der Waals surface area contributed by atoms with E-state index in [1.54, 1.807) is 0 Å². The monoisotopic (exact) mass is 188 g/mol. The highest BCUT2D eigenvalue weighted by atomic mass is 16.5. The number of rotatable bonds is 4. The minimum absolute atomic E-state index is 0.0718. The molecule has 0 spiro atoms. The highest BCUT2D eigenvalue weighted by Crippen LogP contribution is 2.04. The van der Waals surface area contributed by atoms with Crippen molar-refractivity contribution >= 4 is 5.97 Å². The van der Waals surface area contributed by atoms with Gasteiger partial charge in [0.1, 0.15) is 0 Å². The first-order chi connectivity index (χ1) is 6.22. The van der Waals surface area contributed by atoms with E-state index in [0.717, 1.165) is 13.1 Å². The maximum absolute atomic E-state index is 10.3. The first-order valence-corrected chi connectivity index (χ1v) is 4.48. The van der Waals surface area contributed by atoms with Crippen LogP contribution in [-0.2, 0) is 9.53 Å². The van der Waals surface area contributed by atoms with Crippen LogP contribution in [0.2, 0.25) is 0 Å². The van der Waals surface area contributed by atoms with Crippen LogP contribution in [0.3, 0.4) is 0 Å². The van der Waals surface area contributed by atoms with Crippen molar-refractivity contribution in [1.82, 2.24) is 4.90 Å². The van der Waals surface area contributed by atoms with Gasteiger partial charge in [0.15, 0.2) is 0 Å². The average Bonchev–Trinajstić information content (AvgIpc) is 2.15. The summed E-state index contributed by atoms with van der Waals surface area (Å²) >= 11 is 0. The van der Waals surface area contributed by atoms with Gasteiger partial charge in [-0.05, 0) is 0 Å². The van der Waals surface area contributed by atoms with Gasteiger partial charge >= 0.3 is 5.97 Å². The number of hydrogen-bond donors (Lipinski definition) is 2. The maximum Gasteiger partial charge on any atom is 0.304 e. The van der Waals surface area contributed by atoms with Crippen molar-refractivity contribution < 1.29 is 14.6 Å². The van der Waals surface area contributed by atoms with E-state index >= 15 is 0 Å². The Morgan fingerprint density at radius 1 is 1.69 bits per heavy atom. The quantitative estimate of drug-likeness (QED) is 0.599. The number of ether oxygens (including phenoxy) is 1. The predicted molar refractivity (Wildman–Crippen MR) is 47.5 cm³/mol. The summed E-state index contributed by atoms with van der Waals surface area (Å²) in [7, 11) is 0. The molecule has 1 fully saturated rings. The van der Waals surface area contributed by atoms with Crippen molar-refractivity contribution in [1.29, 1.82) is 0 Å². The van der Waals surface area contributed by atoms with Crippen molar-refractivity contribution in [3.8, 4) is 0 Å². The van der Waals surface area contributed by atoms with E-state index in [1.165, 1.54) is 0 Å². The second-order valence-electron chi connectivity index (χ2n) is 3.17. The van der Waals surface area contributed by atoms with Crippen molar-refractivity contribution in [2.75, 3.05) is 32.8 Å². The molecule has 5 nitrogen and oxygen atoms in total. The summed E-state index contributed by atoms with van der Waals surface area (Å²) in [5.41, 5.74) is 5.45. The summed E-state index contributed by atoms with van der Waals surface area (Å²) in [6, 6.07) is 0. The summed E-state index contributed by atoms with van der Waals surface area (Å²) in [6.07, 6.45) is 0.264. The Morgan fingerprint density at radius 3 is 3.08 bits per heavy atom. The molecular formula is C8H16N2O3. The predicted octanol–water partition coefficient (Wildman–Crippen LogP) is -0.879. The van der Waals surface area contributed by atoms with Crippen LogP contribution in [0.5, 0.6) is 0 Å². The van der Waals surface area contributed by atoms with E-state index in [0.29, 0.717) is 19.7 Å². The lowest BCUT2D eigenvalue weighted by atomic mass is 10.2. The van der Waals surface area contributed by atoms with Crippen molar-refractivity contribution in [3.05, 3.63) is 0 Å². The SMILES string of the molecule is NCC1CN(CCC(=O)O)CCO1. The standard InChI is InChI=1S/C8H16N2O3/c9-5-7-6-10(3-4-13-7)2-1-8(11)12/h7H,1-6,9H2,(H,11,12). The smallest absolute Gasteiger partial charge is 0.304 e. The fourth-order valence-corrected chi connectivity index (χ4v) is 1.38. The minimum atomic E-state index is -0.754. The zero-order valence-corrected chi connectivity index (χ0v) is 7.61. The minimum Gasteiger partial charge on any atom is -0.481 e. The van der Waals surface area contributed by atoms with Gasteiger partial charge in [-0.3, -0.25) is 9.69 Å². The number of carbonyl (C=O) groups is 1. The summed E-state index contributed by atoms with van der Waals surface area (Å²) in [4.78, 5) is 12.4. The molecule has 76 valence electrons. The van der Waals surface area contributed by atoms with Gasteiger partial charge in [0.05, 0.1) is 19.1 Å². The van der Waals surface area contributed by atoms with E-state index < -0.39 is 5.97 Å². The van der Waals surface area contributed by atoms with Crippen LogP contribution >= 0.6 is 0 Å². The zero-order valence-electron chi connectivity index (χ0n) is 7.61. The second kappa shape index (κ2) is 5.16. The van der Waals surface area contributed by atoms with Crippen LogP contribution in [0.1, 0.15) is 6.42 Å². The van der Waals surface area contributed by atoms with E-state index in [4.69, 9.17) is 15.6 Å². The molecule has 0 amide bonds. The topological polar surface area (TPSA) is 75.8 Å². The largest absolute Gasteiger partial charge is 0.481 e. The molecule has 0 aromatic carbocycles. The van der Waals surface area contributed by atoms with Crippen molar-refractivity contribution in [3.63, 3.8) is 0 Å². The summed E-state index contributed by atoms with van der Waals surface area (Å²) in [5, 5.41) is 8.48. The number of aliphatic carboxylic acids is 1. The normalized spacial score (nSPS) is 24.5. The zero-order chi connectivity index (χ0) is 9.68. The molecule has 1 atom stereocenters. The Balaban J connectivity index is 2.21. The van der Waals surface area contributed by atoms with Gasteiger partial charge in [0.2, 0.25) is 0 Å². The molecule has 1 aliphatic rings. The molecule has 1 rings (SSSR count). The molecule has 1 heterocycles. The van der Waals surface area contributed by atoms with E-state index in [9.17, 15) is 4.79 Å². The molecule has 3 N–H and O–H groups in total. The molecule has 1 saturated heterocycles. The maximum atomic E-state index is 10.3. The highest BCUT2D eigenvalue weighted by Gasteiger charge is 2.19. The van der Waals surface area contributed by atoms with E-state index in [2.05, 4.69) is 4.90 Å². The molecular weight excluding hydrogens is 172 g/mol. The summed E-state index contributed by atoms with van der Waals surface area (Å²) < 4.78 is 5.35. The van der Waals surface area contributed by atoms with E-state index in [1.807, 2.05) is 0 Å². The first kappa shape index (κ1) is 10.4. The lowest BCUT2D eigenvalue weighted by Crippen LogP contribution is -2.46. The Morgan fingerprint density at radius 2 is 2.46 bits per heavy atom. The van der Waals surface area contributed by atoms with Crippen molar-refractivity contribution in [2.24, 2.45) is 5.73 Å². The molecule has 0 aromatic rings. The van der Waals surface area contributed by atoms with Gasteiger partial charge in [0, 0.05) is 26.2 Å². The number of morpholine rings is 1. The van der Waals surface area contributed by atoms with E-state index in [-0.39, 0.29) is 12.5 Å². The average molecular weight is 188 g/mol. The van der Waals surface area contributed by atoms with Crippen LogP contribution in [0.25, 0.3) is 0 Å². The summed E-state index contributed by atoms with van der Waals surface area (Å²) in [6.45, 7) is 3.31. The molecule has 0 aliphatic carbocycles. The number of nitrogens with two attached hydrogens (primary N) is 1. The molecule has 5 heteroatoms. The van der Waals surface area contributed by atoms with Crippen LogP contribution in [0.4, 0.5) is 0 Å². The van der Waals surface area contributed by atoms with Gasteiger partial charge in [-0.25, -0.2) is 0 Å². The fraction of sp³-hybridized carbons (Fsp3) is 0.875. The second-order valence-corrected chi connectivity index (χ2v) is 3.17. The molecule has 0 bridgehead atoms. The van der Waals surface area contributed by atoms with Gasteiger partial charge in [-0.2, -0.15) is 0 Å². The number of hydrogen-bond acceptors (Lipinski definition) is 4. The molecule has 1 aliphatic heterocycles. The third-order valence-corrected chi connectivity index (χ3v) is 2.13. The lowest BCUT2D eigenvalue weighted by molar-refractivity contribution is -0.137. The third kappa shape index (κ3) is 3.71. The van der Waals surface area contributed by atoms with Gasteiger partial charge in [-0.1, -0.05) is 0 Å². The molecule has 0 radical (unpaired) electrons. The van der Waals surface area contributed by atoms with Crippen LogP contribution < -0.4 is 5.73 Å². The number of nitrogens with zero attached hydrogens (tertiary/aromatic N) is 1. The molecule has 13 heavy (non-hydrogen) atoms. The Labute approximate surface area is 77.5 Å². The first-order valence-electron chi connectivity index (χ1n) is 4.48.